The van der Waals surface area contributed by atoms with Crippen molar-refractivity contribution in [3.05, 3.63) is 132 Å². The molecule has 4 aromatic carbocycles. The second-order valence-corrected chi connectivity index (χ2v) is 18.8. The molecule has 1 atom stereocenters. The first-order chi connectivity index (χ1) is 23.2. The van der Waals surface area contributed by atoms with E-state index in [0.29, 0.717) is 32.7 Å². The van der Waals surface area contributed by atoms with Gasteiger partial charge in [-0.05, 0) is 76.5 Å². The molecule has 0 heterocycles. The van der Waals surface area contributed by atoms with Crippen molar-refractivity contribution in [3.63, 3.8) is 0 Å². The van der Waals surface area contributed by atoms with Crippen LogP contribution in [0.5, 0.6) is 11.5 Å². The predicted molar refractivity (Wildman–Crippen MR) is 192 cm³/mol. The minimum absolute atomic E-state index is 0.0678. The zero-order valence-corrected chi connectivity index (χ0v) is 29.1. The molecule has 0 aromatic heterocycles. The number of nitrogens with one attached hydrogen (secondary N) is 1. The molecule has 1 aliphatic rings. The molecule has 0 saturated heterocycles. The van der Waals surface area contributed by atoms with Crippen molar-refractivity contribution in [1.29, 1.82) is 0 Å². The Morgan fingerprint density at radius 2 is 1.38 bits per heavy atom. The molecule has 0 unspecified atom stereocenters. The standard InChI is InChI=1S/C40H45NO6Si/c1-5-24-44-31-21-16-30(17-22-31)27-46-32-19-14-29(15-20-32)18-23-38(39(42)45-25-26-48(2,3)4)41-40(43)47-28-37-35-12-8-6-10-33(35)34-11-7-9-13-36(34)37/h5-17,19-22,37-38H,1,18,23-28H2,2-4H3,(H,41,43)/t38-/m0/s1. The van der Waals surface area contributed by atoms with E-state index in [1.54, 1.807) is 6.08 Å². The molecule has 1 aliphatic carbocycles. The molecule has 0 fully saturated rings. The zero-order valence-electron chi connectivity index (χ0n) is 28.1. The van der Waals surface area contributed by atoms with Crippen LogP contribution in [0.15, 0.2) is 110 Å². The average Bonchev–Trinajstić information content (AvgIpc) is 3.41. The van der Waals surface area contributed by atoms with Gasteiger partial charge < -0.3 is 24.3 Å². The van der Waals surface area contributed by atoms with Crippen LogP contribution < -0.4 is 14.8 Å². The number of carbonyl (C=O) groups is 2. The molecular weight excluding hydrogens is 619 g/mol. The van der Waals surface area contributed by atoms with Crippen molar-refractivity contribution in [2.45, 2.75) is 57.1 Å². The minimum atomic E-state index is -1.40. The molecule has 5 rings (SSSR count). The fourth-order valence-corrected chi connectivity index (χ4v) is 6.37. The van der Waals surface area contributed by atoms with Crippen molar-refractivity contribution < 1.29 is 28.5 Å². The van der Waals surface area contributed by atoms with Gasteiger partial charge >= 0.3 is 12.1 Å². The maximum Gasteiger partial charge on any atom is 0.407 e. The summed E-state index contributed by atoms with van der Waals surface area (Å²) >= 11 is 0. The summed E-state index contributed by atoms with van der Waals surface area (Å²) in [6, 6.07) is 32.0. The zero-order chi connectivity index (χ0) is 33.9. The van der Waals surface area contributed by atoms with Crippen LogP contribution in [0, 0.1) is 0 Å². The summed E-state index contributed by atoms with van der Waals surface area (Å²) in [5.74, 6) is 1.02. The van der Waals surface area contributed by atoms with E-state index < -0.39 is 26.2 Å². The second-order valence-electron chi connectivity index (χ2n) is 13.2. The van der Waals surface area contributed by atoms with E-state index in [2.05, 4.69) is 55.8 Å². The molecule has 0 saturated carbocycles. The maximum absolute atomic E-state index is 13.2. The molecule has 48 heavy (non-hydrogen) atoms. The fourth-order valence-electron chi connectivity index (χ4n) is 5.66. The van der Waals surface area contributed by atoms with Crippen molar-refractivity contribution in [3.8, 4) is 22.6 Å². The van der Waals surface area contributed by atoms with E-state index in [-0.39, 0.29) is 12.5 Å². The number of benzene rings is 4. The molecule has 7 nitrogen and oxygen atoms in total. The van der Waals surface area contributed by atoms with E-state index in [1.165, 1.54) is 0 Å². The lowest BCUT2D eigenvalue weighted by Gasteiger charge is -2.21. The first kappa shape index (κ1) is 34.5. The number of carbonyl (C=O) groups excluding carboxylic acids is 2. The number of alkyl carbamates (subject to hydrolysis) is 1. The molecule has 4 aromatic rings. The number of rotatable bonds is 16. The van der Waals surface area contributed by atoms with Gasteiger partial charge in [0.2, 0.25) is 0 Å². The Morgan fingerprint density at radius 3 is 1.98 bits per heavy atom. The van der Waals surface area contributed by atoms with Crippen LogP contribution in [0.3, 0.4) is 0 Å². The third-order valence-corrected chi connectivity index (χ3v) is 10.1. The van der Waals surface area contributed by atoms with Gasteiger partial charge in [-0.3, -0.25) is 0 Å². The van der Waals surface area contributed by atoms with Crippen LogP contribution in [0.25, 0.3) is 11.1 Å². The van der Waals surface area contributed by atoms with Gasteiger partial charge in [0.15, 0.2) is 0 Å². The Morgan fingerprint density at radius 1 is 0.792 bits per heavy atom. The predicted octanol–water partition coefficient (Wildman–Crippen LogP) is 8.55. The summed E-state index contributed by atoms with van der Waals surface area (Å²) in [6.45, 7) is 11.8. The number of aryl methyl sites for hydroxylation is 1. The van der Waals surface area contributed by atoms with E-state index >= 15 is 0 Å². The van der Waals surface area contributed by atoms with Crippen LogP contribution in [0.2, 0.25) is 25.7 Å². The van der Waals surface area contributed by atoms with Gasteiger partial charge in [0.1, 0.15) is 37.4 Å². The Bertz CT molecular complexity index is 1630. The average molecular weight is 664 g/mol. The lowest BCUT2D eigenvalue weighted by atomic mass is 9.98. The number of fused-ring (bicyclic) bond motifs is 3. The first-order valence-electron chi connectivity index (χ1n) is 16.5. The fraction of sp³-hybridized carbons (Fsp3) is 0.300. The van der Waals surface area contributed by atoms with Crippen LogP contribution in [-0.2, 0) is 27.3 Å². The van der Waals surface area contributed by atoms with E-state index in [0.717, 1.165) is 50.9 Å². The molecule has 0 bridgehead atoms. The Balaban J connectivity index is 1.16. The first-order valence-corrected chi connectivity index (χ1v) is 20.2. The van der Waals surface area contributed by atoms with Crippen LogP contribution in [-0.4, -0.2) is 46.0 Å². The van der Waals surface area contributed by atoms with Gasteiger partial charge in [-0.2, -0.15) is 0 Å². The maximum atomic E-state index is 13.2. The Kier molecular flexibility index (Phi) is 11.7. The van der Waals surface area contributed by atoms with Crippen LogP contribution in [0.4, 0.5) is 4.79 Å². The quantitative estimate of drug-likeness (QED) is 0.0735. The summed E-state index contributed by atoms with van der Waals surface area (Å²) in [7, 11) is -1.40. The molecule has 0 aliphatic heterocycles. The van der Waals surface area contributed by atoms with E-state index in [1.807, 2.05) is 72.8 Å². The monoisotopic (exact) mass is 663 g/mol. The highest BCUT2D eigenvalue weighted by Crippen LogP contribution is 2.44. The third-order valence-electron chi connectivity index (χ3n) is 8.36. The third kappa shape index (κ3) is 9.61. The number of hydrogen-bond acceptors (Lipinski definition) is 6. The molecule has 1 amide bonds. The molecular formula is C40H45NO6Si. The Labute approximate surface area is 284 Å². The van der Waals surface area contributed by atoms with Gasteiger partial charge in [0.25, 0.3) is 0 Å². The molecule has 0 spiro atoms. The Hall–Kier alpha value is -4.82. The highest BCUT2D eigenvalue weighted by molar-refractivity contribution is 6.76. The SMILES string of the molecule is C=CCOc1ccc(COc2ccc(CC[C@H](NC(=O)OCC3c4ccccc4-c4ccccc43)C(=O)OCC[Si](C)(C)C)cc2)cc1. The number of ether oxygens (including phenoxy) is 4. The van der Waals surface area contributed by atoms with Crippen molar-refractivity contribution >= 4 is 20.1 Å². The smallest absolute Gasteiger partial charge is 0.407 e. The topological polar surface area (TPSA) is 83.1 Å². The summed E-state index contributed by atoms with van der Waals surface area (Å²) in [6.07, 6.45) is 2.01. The van der Waals surface area contributed by atoms with Gasteiger partial charge in [-0.25, -0.2) is 9.59 Å². The van der Waals surface area contributed by atoms with Gasteiger partial charge in [0, 0.05) is 14.0 Å². The highest BCUT2D eigenvalue weighted by atomic mass is 28.3. The number of amides is 1. The summed E-state index contributed by atoms with van der Waals surface area (Å²) < 4.78 is 22.9. The highest BCUT2D eigenvalue weighted by Gasteiger charge is 2.30. The van der Waals surface area contributed by atoms with Crippen LogP contribution >= 0.6 is 0 Å². The normalized spacial score (nSPS) is 12.7. The molecule has 1 N–H and O–H groups in total. The van der Waals surface area contributed by atoms with Gasteiger partial charge in [-0.1, -0.05) is 105 Å². The summed E-state index contributed by atoms with van der Waals surface area (Å²) in [5, 5.41) is 2.81. The van der Waals surface area contributed by atoms with E-state index in [4.69, 9.17) is 18.9 Å². The van der Waals surface area contributed by atoms with Crippen molar-refractivity contribution in [2.24, 2.45) is 0 Å². The summed E-state index contributed by atoms with van der Waals surface area (Å²) in [4.78, 5) is 26.3. The molecule has 8 heteroatoms. The van der Waals surface area contributed by atoms with Crippen molar-refractivity contribution in [2.75, 3.05) is 19.8 Å². The molecule has 0 radical (unpaired) electrons. The van der Waals surface area contributed by atoms with E-state index in [9.17, 15) is 9.59 Å². The molecule has 250 valence electrons. The second kappa shape index (κ2) is 16.3. The number of hydrogen-bond donors (Lipinski definition) is 1. The summed E-state index contributed by atoms with van der Waals surface area (Å²) in [5.41, 5.74) is 6.62. The van der Waals surface area contributed by atoms with Gasteiger partial charge in [0.05, 0.1) is 6.61 Å². The number of esters is 1. The minimum Gasteiger partial charge on any atom is -0.490 e. The lowest BCUT2D eigenvalue weighted by molar-refractivity contribution is -0.145. The van der Waals surface area contributed by atoms with Gasteiger partial charge in [-0.15, -0.1) is 0 Å². The van der Waals surface area contributed by atoms with Crippen molar-refractivity contribution in [1.82, 2.24) is 5.32 Å². The largest absolute Gasteiger partial charge is 0.490 e. The van der Waals surface area contributed by atoms with Crippen LogP contribution in [0.1, 0.15) is 34.6 Å². The lowest BCUT2D eigenvalue weighted by Crippen LogP contribution is -2.43.